The molecule has 3 N–H and O–H groups in total. The van der Waals surface area contributed by atoms with Crippen molar-refractivity contribution in [3.05, 3.63) is 11.4 Å². The summed E-state index contributed by atoms with van der Waals surface area (Å²) in [4.78, 5) is 19.8. The van der Waals surface area contributed by atoms with Gasteiger partial charge in [0.15, 0.2) is 0 Å². The van der Waals surface area contributed by atoms with E-state index in [0.717, 1.165) is 35.9 Å². The van der Waals surface area contributed by atoms with Gasteiger partial charge in [-0.1, -0.05) is 6.92 Å². The first-order chi connectivity index (χ1) is 9.08. The topological polar surface area (TPSA) is 78.9 Å². The molecule has 1 aromatic heterocycles. The van der Waals surface area contributed by atoms with Crippen molar-refractivity contribution in [1.29, 1.82) is 0 Å². The molecule has 0 aliphatic carbocycles. The third-order valence-electron chi connectivity index (χ3n) is 2.69. The molecule has 0 saturated carbocycles. The van der Waals surface area contributed by atoms with E-state index in [2.05, 4.69) is 32.8 Å². The number of aryl methyl sites for hydroxylation is 1. The zero-order valence-electron chi connectivity index (χ0n) is 12.1. The van der Waals surface area contributed by atoms with Gasteiger partial charge in [0.05, 0.1) is 0 Å². The summed E-state index contributed by atoms with van der Waals surface area (Å²) in [7, 11) is 1.85. The van der Waals surface area contributed by atoms with Gasteiger partial charge in [0.2, 0.25) is 5.91 Å². The van der Waals surface area contributed by atoms with E-state index >= 15 is 0 Å². The van der Waals surface area contributed by atoms with Gasteiger partial charge in [-0.05, 0) is 13.3 Å². The number of nitrogens with one attached hydrogen (secondary N) is 3. The Morgan fingerprint density at radius 1 is 1.21 bits per heavy atom. The molecule has 0 atom stereocenters. The zero-order chi connectivity index (χ0) is 14.3. The Morgan fingerprint density at radius 3 is 2.47 bits per heavy atom. The minimum absolute atomic E-state index is 0.0243. The van der Waals surface area contributed by atoms with Crippen LogP contribution in [0.5, 0.6) is 0 Å². The highest BCUT2D eigenvalue weighted by Crippen LogP contribution is 2.19. The summed E-state index contributed by atoms with van der Waals surface area (Å²) < 4.78 is 0. The number of amides is 1. The highest BCUT2D eigenvalue weighted by molar-refractivity contribution is 5.72. The smallest absolute Gasteiger partial charge is 0.216 e. The van der Waals surface area contributed by atoms with E-state index in [-0.39, 0.29) is 5.91 Å². The molecule has 1 rings (SSSR count). The van der Waals surface area contributed by atoms with Crippen molar-refractivity contribution in [3.63, 3.8) is 0 Å². The number of hydrogen-bond donors (Lipinski definition) is 3. The molecule has 1 heterocycles. The van der Waals surface area contributed by atoms with E-state index in [1.807, 2.05) is 14.0 Å². The fraction of sp³-hybridized carbons (Fsp3) is 0.615. The first kappa shape index (κ1) is 15.2. The minimum Gasteiger partial charge on any atom is -0.373 e. The summed E-state index contributed by atoms with van der Waals surface area (Å²) in [6.45, 7) is 6.81. The summed E-state index contributed by atoms with van der Waals surface area (Å²) in [5.74, 6) is 2.48. The lowest BCUT2D eigenvalue weighted by Crippen LogP contribution is -2.26. The van der Waals surface area contributed by atoms with E-state index in [9.17, 15) is 4.79 Å². The second kappa shape index (κ2) is 7.56. The normalized spacial score (nSPS) is 10.1. The number of carbonyl (C=O) groups excluding carboxylic acids is 1. The van der Waals surface area contributed by atoms with E-state index in [4.69, 9.17) is 0 Å². The number of rotatable bonds is 7. The Hall–Kier alpha value is -1.85. The number of nitrogens with zero attached hydrogens (tertiary/aromatic N) is 2. The van der Waals surface area contributed by atoms with Crippen molar-refractivity contribution < 1.29 is 4.79 Å². The lowest BCUT2D eigenvalue weighted by molar-refractivity contribution is -0.118. The number of aromatic nitrogens is 2. The molecule has 0 unspecified atom stereocenters. The monoisotopic (exact) mass is 265 g/mol. The molecule has 6 heteroatoms. The van der Waals surface area contributed by atoms with Crippen LogP contribution in [-0.4, -0.2) is 36.0 Å². The van der Waals surface area contributed by atoms with Crippen LogP contribution in [0.1, 0.15) is 31.7 Å². The highest BCUT2D eigenvalue weighted by Gasteiger charge is 2.09. The van der Waals surface area contributed by atoms with E-state index in [1.165, 1.54) is 6.92 Å². The summed E-state index contributed by atoms with van der Waals surface area (Å²) >= 11 is 0. The first-order valence-corrected chi connectivity index (χ1v) is 6.62. The minimum atomic E-state index is -0.0243. The van der Waals surface area contributed by atoms with Crippen LogP contribution >= 0.6 is 0 Å². The SMILES string of the molecule is CCCc1nc(NC)c(C)c(NCCNC(C)=O)n1. The van der Waals surface area contributed by atoms with Crippen LogP contribution in [-0.2, 0) is 11.2 Å². The Bertz CT molecular complexity index is 433. The van der Waals surface area contributed by atoms with Crippen LogP contribution in [0.3, 0.4) is 0 Å². The van der Waals surface area contributed by atoms with Crippen LogP contribution in [0.2, 0.25) is 0 Å². The fourth-order valence-corrected chi connectivity index (χ4v) is 1.73. The van der Waals surface area contributed by atoms with E-state index in [0.29, 0.717) is 13.1 Å². The molecule has 0 aliphatic heterocycles. The summed E-state index contributed by atoms with van der Waals surface area (Å²) in [5, 5.41) is 9.06. The van der Waals surface area contributed by atoms with E-state index in [1.54, 1.807) is 0 Å². The molecule has 6 nitrogen and oxygen atoms in total. The second-order valence-electron chi connectivity index (χ2n) is 4.37. The van der Waals surface area contributed by atoms with Gasteiger partial charge in [-0.3, -0.25) is 4.79 Å². The quantitative estimate of drug-likeness (QED) is 0.648. The Kier molecular flexibility index (Phi) is 6.05. The Labute approximate surface area is 114 Å². The van der Waals surface area contributed by atoms with Crippen LogP contribution in [0.15, 0.2) is 0 Å². The maximum Gasteiger partial charge on any atom is 0.216 e. The number of carbonyl (C=O) groups is 1. The largest absolute Gasteiger partial charge is 0.373 e. The predicted molar refractivity (Wildman–Crippen MR) is 77.5 cm³/mol. The fourth-order valence-electron chi connectivity index (χ4n) is 1.73. The van der Waals surface area contributed by atoms with Gasteiger partial charge in [0.25, 0.3) is 0 Å². The van der Waals surface area contributed by atoms with Crippen molar-refractivity contribution in [2.45, 2.75) is 33.6 Å². The van der Waals surface area contributed by atoms with Crippen LogP contribution in [0.25, 0.3) is 0 Å². The maximum atomic E-state index is 10.8. The van der Waals surface area contributed by atoms with Gasteiger partial charge in [-0.15, -0.1) is 0 Å². The average molecular weight is 265 g/mol. The second-order valence-corrected chi connectivity index (χ2v) is 4.37. The van der Waals surface area contributed by atoms with E-state index < -0.39 is 0 Å². The van der Waals surface area contributed by atoms with Gasteiger partial charge in [-0.2, -0.15) is 0 Å². The molecular formula is C13H23N5O. The molecule has 0 fully saturated rings. The third-order valence-corrected chi connectivity index (χ3v) is 2.69. The van der Waals surface area contributed by atoms with Crippen molar-refractivity contribution in [1.82, 2.24) is 15.3 Å². The van der Waals surface area contributed by atoms with Gasteiger partial charge in [-0.25, -0.2) is 9.97 Å². The maximum absolute atomic E-state index is 10.8. The average Bonchev–Trinajstić information content (AvgIpc) is 2.37. The summed E-state index contributed by atoms with van der Waals surface area (Å²) in [6, 6.07) is 0. The molecular weight excluding hydrogens is 242 g/mol. The van der Waals surface area contributed by atoms with Gasteiger partial charge >= 0.3 is 0 Å². The summed E-state index contributed by atoms with van der Waals surface area (Å²) in [5.41, 5.74) is 0.991. The highest BCUT2D eigenvalue weighted by atomic mass is 16.1. The van der Waals surface area contributed by atoms with Gasteiger partial charge in [0.1, 0.15) is 17.5 Å². The zero-order valence-corrected chi connectivity index (χ0v) is 12.1. The lowest BCUT2D eigenvalue weighted by Gasteiger charge is -2.13. The third kappa shape index (κ3) is 4.73. The first-order valence-electron chi connectivity index (χ1n) is 6.62. The van der Waals surface area contributed by atoms with Crippen molar-refractivity contribution in [3.8, 4) is 0 Å². The molecule has 19 heavy (non-hydrogen) atoms. The molecule has 1 amide bonds. The van der Waals surface area contributed by atoms with Gasteiger partial charge in [0, 0.05) is 39.0 Å². The van der Waals surface area contributed by atoms with Crippen molar-refractivity contribution in [2.24, 2.45) is 0 Å². The standard InChI is InChI=1S/C13H23N5O/c1-5-6-11-17-12(14-4)9(2)13(18-11)16-8-7-15-10(3)19/h5-8H2,1-4H3,(H,15,19)(H2,14,16,17,18). The molecule has 0 spiro atoms. The van der Waals surface area contributed by atoms with Gasteiger partial charge < -0.3 is 16.0 Å². The van der Waals surface area contributed by atoms with Crippen molar-refractivity contribution >= 4 is 17.5 Å². The number of anilines is 2. The van der Waals surface area contributed by atoms with Crippen molar-refractivity contribution in [2.75, 3.05) is 30.8 Å². The summed E-state index contributed by atoms with van der Waals surface area (Å²) in [6.07, 6.45) is 1.87. The number of hydrogen-bond acceptors (Lipinski definition) is 5. The van der Waals surface area contributed by atoms with Crippen LogP contribution in [0, 0.1) is 6.92 Å². The Balaban J connectivity index is 2.74. The molecule has 0 radical (unpaired) electrons. The molecule has 0 saturated heterocycles. The molecule has 0 aromatic carbocycles. The molecule has 0 aliphatic rings. The predicted octanol–water partition coefficient (Wildman–Crippen LogP) is 1.33. The Morgan fingerprint density at radius 2 is 1.89 bits per heavy atom. The van der Waals surface area contributed by atoms with Crippen LogP contribution < -0.4 is 16.0 Å². The molecule has 0 bridgehead atoms. The van der Waals surface area contributed by atoms with Crippen LogP contribution in [0.4, 0.5) is 11.6 Å². The molecule has 1 aromatic rings. The molecule has 106 valence electrons. The lowest BCUT2D eigenvalue weighted by atomic mass is 10.2.